The SMILES string of the molecule is CC(C)(C)c1ccc(COC2CCCCCC2N)cc1. The highest BCUT2D eigenvalue weighted by molar-refractivity contribution is 5.27. The molecule has 0 amide bonds. The van der Waals surface area contributed by atoms with Crippen LogP contribution < -0.4 is 5.73 Å². The van der Waals surface area contributed by atoms with Crippen LogP contribution in [-0.4, -0.2) is 12.1 Å². The molecule has 1 fully saturated rings. The van der Waals surface area contributed by atoms with E-state index in [4.69, 9.17) is 10.5 Å². The van der Waals surface area contributed by atoms with Crippen molar-refractivity contribution in [1.29, 1.82) is 0 Å². The van der Waals surface area contributed by atoms with E-state index < -0.39 is 0 Å². The lowest BCUT2D eigenvalue weighted by Gasteiger charge is -2.22. The number of ether oxygens (including phenoxy) is 1. The van der Waals surface area contributed by atoms with Gasteiger partial charge in [0, 0.05) is 6.04 Å². The maximum Gasteiger partial charge on any atom is 0.0730 e. The van der Waals surface area contributed by atoms with Gasteiger partial charge in [-0.15, -0.1) is 0 Å². The second kappa shape index (κ2) is 6.73. The summed E-state index contributed by atoms with van der Waals surface area (Å²) in [6.45, 7) is 7.40. The molecule has 0 spiro atoms. The second-order valence-electron chi connectivity index (χ2n) is 7.10. The highest BCUT2D eigenvalue weighted by Gasteiger charge is 2.21. The molecule has 2 N–H and O–H groups in total. The first-order valence-corrected chi connectivity index (χ1v) is 7.93. The van der Waals surface area contributed by atoms with Crippen molar-refractivity contribution in [2.45, 2.75) is 77.0 Å². The minimum atomic E-state index is 0.211. The van der Waals surface area contributed by atoms with E-state index in [0.29, 0.717) is 6.61 Å². The summed E-state index contributed by atoms with van der Waals surface area (Å²) in [5, 5.41) is 0. The molecule has 2 heteroatoms. The van der Waals surface area contributed by atoms with Crippen molar-refractivity contribution in [3.8, 4) is 0 Å². The van der Waals surface area contributed by atoms with Crippen molar-refractivity contribution < 1.29 is 4.74 Å². The lowest BCUT2D eigenvalue weighted by molar-refractivity contribution is 0.0194. The van der Waals surface area contributed by atoms with Gasteiger partial charge in [-0.3, -0.25) is 0 Å². The fraction of sp³-hybridized carbons (Fsp3) is 0.667. The standard InChI is InChI=1S/C18H29NO/c1-18(2,3)15-11-9-14(10-12-15)13-20-17-8-6-4-5-7-16(17)19/h9-12,16-17H,4-8,13,19H2,1-3H3. The zero-order valence-corrected chi connectivity index (χ0v) is 13.2. The maximum atomic E-state index is 6.20. The van der Waals surface area contributed by atoms with Crippen molar-refractivity contribution in [3.63, 3.8) is 0 Å². The molecule has 0 radical (unpaired) electrons. The number of benzene rings is 1. The Bertz CT molecular complexity index is 404. The molecule has 2 nitrogen and oxygen atoms in total. The molecule has 1 saturated carbocycles. The molecule has 20 heavy (non-hydrogen) atoms. The van der Waals surface area contributed by atoms with E-state index in [9.17, 15) is 0 Å². The number of rotatable bonds is 3. The van der Waals surface area contributed by atoms with Crippen LogP contribution >= 0.6 is 0 Å². The molecule has 0 saturated heterocycles. The molecule has 112 valence electrons. The van der Waals surface area contributed by atoms with Crippen LogP contribution in [0.3, 0.4) is 0 Å². The summed E-state index contributed by atoms with van der Waals surface area (Å²) in [4.78, 5) is 0. The molecule has 1 aliphatic carbocycles. The number of hydrogen-bond acceptors (Lipinski definition) is 2. The number of hydrogen-bond donors (Lipinski definition) is 1. The largest absolute Gasteiger partial charge is 0.372 e. The van der Waals surface area contributed by atoms with Gasteiger partial charge in [-0.05, 0) is 29.4 Å². The van der Waals surface area contributed by atoms with Crippen LogP contribution in [0.5, 0.6) is 0 Å². The molecule has 0 heterocycles. The summed E-state index contributed by atoms with van der Waals surface area (Å²) in [6, 6.07) is 9.01. The topological polar surface area (TPSA) is 35.2 Å². The average molecular weight is 275 g/mol. The average Bonchev–Trinajstić information content (AvgIpc) is 2.61. The van der Waals surface area contributed by atoms with Crippen molar-refractivity contribution in [1.82, 2.24) is 0 Å². The van der Waals surface area contributed by atoms with Gasteiger partial charge in [0.05, 0.1) is 12.7 Å². The lowest BCUT2D eigenvalue weighted by Crippen LogP contribution is -2.35. The van der Waals surface area contributed by atoms with Crippen LogP contribution in [0.25, 0.3) is 0 Å². The van der Waals surface area contributed by atoms with Gasteiger partial charge in [-0.2, -0.15) is 0 Å². The van der Waals surface area contributed by atoms with Crippen LogP contribution in [-0.2, 0) is 16.8 Å². The first-order chi connectivity index (χ1) is 9.47. The number of nitrogens with two attached hydrogens (primary N) is 1. The molecule has 1 aromatic carbocycles. The van der Waals surface area contributed by atoms with Gasteiger partial charge in [0.2, 0.25) is 0 Å². The summed E-state index contributed by atoms with van der Waals surface area (Å²) in [5.41, 5.74) is 9.02. The van der Waals surface area contributed by atoms with E-state index in [0.717, 1.165) is 12.8 Å². The predicted octanol–water partition coefficient (Wildman–Crippen LogP) is 4.16. The Hall–Kier alpha value is -0.860. The van der Waals surface area contributed by atoms with Gasteiger partial charge in [0.15, 0.2) is 0 Å². The molecule has 2 unspecified atom stereocenters. The summed E-state index contributed by atoms with van der Waals surface area (Å²) < 4.78 is 6.06. The molecule has 0 aromatic heterocycles. The zero-order valence-electron chi connectivity index (χ0n) is 13.2. The van der Waals surface area contributed by atoms with E-state index in [2.05, 4.69) is 45.0 Å². The quantitative estimate of drug-likeness (QED) is 0.841. The molecule has 0 bridgehead atoms. The smallest absolute Gasteiger partial charge is 0.0730 e. The van der Waals surface area contributed by atoms with Crippen molar-refractivity contribution in [3.05, 3.63) is 35.4 Å². The fourth-order valence-corrected chi connectivity index (χ4v) is 2.81. The van der Waals surface area contributed by atoms with Crippen LogP contribution in [0.15, 0.2) is 24.3 Å². The van der Waals surface area contributed by atoms with Crippen molar-refractivity contribution in [2.24, 2.45) is 5.73 Å². The molecule has 0 aliphatic heterocycles. The monoisotopic (exact) mass is 275 g/mol. The minimum Gasteiger partial charge on any atom is -0.372 e. The Morgan fingerprint density at radius 2 is 1.70 bits per heavy atom. The third-order valence-corrected chi connectivity index (χ3v) is 4.29. The third-order valence-electron chi connectivity index (χ3n) is 4.29. The van der Waals surface area contributed by atoms with E-state index in [1.54, 1.807) is 0 Å². The maximum absolute atomic E-state index is 6.20. The van der Waals surface area contributed by atoms with Crippen molar-refractivity contribution >= 4 is 0 Å². The molecule has 2 atom stereocenters. The normalized spacial score (nSPS) is 24.4. The van der Waals surface area contributed by atoms with Gasteiger partial charge >= 0.3 is 0 Å². The van der Waals surface area contributed by atoms with Gasteiger partial charge in [0.1, 0.15) is 0 Å². The summed E-state index contributed by atoms with van der Waals surface area (Å²) >= 11 is 0. The first kappa shape index (κ1) is 15.5. The van der Waals surface area contributed by atoms with E-state index in [-0.39, 0.29) is 17.6 Å². The van der Waals surface area contributed by atoms with E-state index in [1.165, 1.54) is 30.4 Å². The molecule has 1 aliphatic rings. The Morgan fingerprint density at radius 3 is 2.35 bits per heavy atom. The van der Waals surface area contributed by atoms with E-state index >= 15 is 0 Å². The Morgan fingerprint density at radius 1 is 1.05 bits per heavy atom. The Labute approximate surface area is 123 Å². The third kappa shape index (κ3) is 4.32. The summed E-state index contributed by atoms with van der Waals surface area (Å²) in [6.07, 6.45) is 6.26. The summed E-state index contributed by atoms with van der Waals surface area (Å²) in [7, 11) is 0. The molecular formula is C18H29NO. The Balaban J connectivity index is 1.90. The molecular weight excluding hydrogens is 246 g/mol. The lowest BCUT2D eigenvalue weighted by atomic mass is 9.87. The first-order valence-electron chi connectivity index (χ1n) is 7.93. The van der Waals surface area contributed by atoms with Crippen LogP contribution in [0.2, 0.25) is 0 Å². The minimum absolute atomic E-state index is 0.211. The Kier molecular flexibility index (Phi) is 5.22. The van der Waals surface area contributed by atoms with Gasteiger partial charge in [-0.1, -0.05) is 64.3 Å². The van der Waals surface area contributed by atoms with Crippen LogP contribution in [0.1, 0.15) is 64.0 Å². The van der Waals surface area contributed by atoms with E-state index in [1.807, 2.05) is 0 Å². The highest BCUT2D eigenvalue weighted by Crippen LogP contribution is 2.23. The molecule has 1 aromatic rings. The molecule has 2 rings (SSSR count). The second-order valence-corrected chi connectivity index (χ2v) is 7.10. The van der Waals surface area contributed by atoms with Gasteiger partial charge < -0.3 is 10.5 Å². The fourth-order valence-electron chi connectivity index (χ4n) is 2.81. The van der Waals surface area contributed by atoms with Gasteiger partial charge in [-0.25, -0.2) is 0 Å². The van der Waals surface area contributed by atoms with Gasteiger partial charge in [0.25, 0.3) is 0 Å². The zero-order chi connectivity index (χ0) is 14.6. The van der Waals surface area contributed by atoms with Crippen LogP contribution in [0.4, 0.5) is 0 Å². The highest BCUT2D eigenvalue weighted by atomic mass is 16.5. The van der Waals surface area contributed by atoms with Crippen molar-refractivity contribution in [2.75, 3.05) is 0 Å². The summed E-state index contributed by atoms with van der Waals surface area (Å²) in [5.74, 6) is 0. The van der Waals surface area contributed by atoms with Crippen LogP contribution in [0, 0.1) is 0 Å². The predicted molar refractivity (Wildman–Crippen MR) is 84.8 cm³/mol.